The lowest BCUT2D eigenvalue weighted by atomic mass is 9.88. The van der Waals surface area contributed by atoms with Crippen molar-refractivity contribution in [3.8, 4) is 0 Å². The van der Waals surface area contributed by atoms with Crippen LogP contribution < -0.4 is 5.73 Å². The smallest absolute Gasteiger partial charge is 0.0249 e. The van der Waals surface area contributed by atoms with E-state index >= 15 is 0 Å². The Hall–Kier alpha value is -0.0800. The van der Waals surface area contributed by atoms with E-state index in [-0.39, 0.29) is 0 Å². The maximum Gasteiger partial charge on any atom is 0.0249 e. The Balaban J connectivity index is 1.97. The maximum absolute atomic E-state index is 6.11. The Kier molecular flexibility index (Phi) is 5.30. The molecule has 2 heteroatoms. The van der Waals surface area contributed by atoms with E-state index in [0.29, 0.717) is 6.04 Å². The molecule has 0 aromatic carbocycles. The van der Waals surface area contributed by atoms with Gasteiger partial charge in [0.15, 0.2) is 0 Å². The van der Waals surface area contributed by atoms with Crippen molar-refractivity contribution in [2.75, 3.05) is 13.1 Å². The Morgan fingerprint density at radius 3 is 2.24 bits per heavy atom. The van der Waals surface area contributed by atoms with E-state index in [1.54, 1.807) is 0 Å². The predicted octanol–water partition coefficient (Wildman–Crippen LogP) is 3.16. The molecule has 1 saturated carbocycles. The van der Waals surface area contributed by atoms with Gasteiger partial charge >= 0.3 is 0 Å². The minimum Gasteiger partial charge on any atom is -0.329 e. The van der Waals surface area contributed by atoms with Crippen molar-refractivity contribution in [3.63, 3.8) is 0 Å². The fraction of sp³-hybridized carbons (Fsp3) is 1.00. The third kappa shape index (κ3) is 3.45. The molecule has 2 fully saturated rings. The molecule has 0 amide bonds. The van der Waals surface area contributed by atoms with Gasteiger partial charge in [-0.25, -0.2) is 0 Å². The minimum absolute atomic E-state index is 0.670. The highest BCUT2D eigenvalue weighted by Gasteiger charge is 2.31. The van der Waals surface area contributed by atoms with Crippen molar-refractivity contribution in [3.05, 3.63) is 0 Å². The molecule has 2 N–H and O–H groups in total. The molecule has 1 aliphatic heterocycles. The molecule has 0 spiro atoms. The van der Waals surface area contributed by atoms with Crippen LogP contribution in [0.5, 0.6) is 0 Å². The van der Waals surface area contributed by atoms with Crippen molar-refractivity contribution in [2.24, 2.45) is 11.7 Å². The largest absolute Gasteiger partial charge is 0.329 e. The van der Waals surface area contributed by atoms with Gasteiger partial charge in [0.1, 0.15) is 0 Å². The number of hydrogen-bond acceptors (Lipinski definition) is 2. The Morgan fingerprint density at radius 1 is 1.00 bits per heavy atom. The third-order valence-corrected chi connectivity index (χ3v) is 4.97. The van der Waals surface area contributed by atoms with Crippen LogP contribution in [0.3, 0.4) is 0 Å². The summed E-state index contributed by atoms with van der Waals surface area (Å²) in [7, 11) is 0. The van der Waals surface area contributed by atoms with Crippen LogP contribution in [0, 0.1) is 5.92 Å². The number of nitrogens with two attached hydrogens (primary N) is 1. The van der Waals surface area contributed by atoms with E-state index in [2.05, 4.69) is 11.8 Å². The topological polar surface area (TPSA) is 29.3 Å². The van der Waals surface area contributed by atoms with Gasteiger partial charge in [-0.2, -0.15) is 0 Å². The van der Waals surface area contributed by atoms with Crippen LogP contribution >= 0.6 is 0 Å². The molecule has 1 saturated heterocycles. The van der Waals surface area contributed by atoms with Crippen LogP contribution in [0.25, 0.3) is 0 Å². The number of rotatable bonds is 3. The molecule has 1 heterocycles. The van der Waals surface area contributed by atoms with Gasteiger partial charge in [0.05, 0.1) is 0 Å². The first-order chi connectivity index (χ1) is 8.33. The van der Waals surface area contributed by atoms with E-state index < -0.39 is 0 Å². The van der Waals surface area contributed by atoms with E-state index in [1.807, 2.05) is 0 Å². The third-order valence-electron chi connectivity index (χ3n) is 4.97. The van der Waals surface area contributed by atoms with E-state index in [9.17, 15) is 0 Å². The fourth-order valence-corrected chi connectivity index (χ4v) is 3.91. The summed E-state index contributed by atoms with van der Waals surface area (Å²) in [6, 6.07) is 1.43. The molecule has 0 aromatic rings. The van der Waals surface area contributed by atoms with Crippen molar-refractivity contribution in [1.82, 2.24) is 4.90 Å². The summed E-state index contributed by atoms with van der Waals surface area (Å²) in [6.45, 7) is 4.56. The second-order valence-corrected chi connectivity index (χ2v) is 6.14. The highest BCUT2D eigenvalue weighted by Crippen LogP contribution is 2.30. The molecule has 1 aliphatic carbocycles. The lowest BCUT2D eigenvalue weighted by molar-refractivity contribution is 0.0683. The molecular formula is C15H30N2. The van der Waals surface area contributed by atoms with E-state index in [0.717, 1.165) is 18.5 Å². The standard InChI is InChI=1S/C15H30N2/c1-13-8-6-7-11-17(13)15(12-16)14-9-4-2-3-5-10-14/h13-15H,2-12,16H2,1H3. The van der Waals surface area contributed by atoms with Gasteiger partial charge in [0, 0.05) is 18.6 Å². The molecule has 0 bridgehead atoms. The quantitative estimate of drug-likeness (QED) is 0.765. The lowest BCUT2D eigenvalue weighted by Crippen LogP contribution is -2.51. The number of likely N-dealkylation sites (tertiary alicyclic amines) is 1. The molecule has 2 nitrogen and oxygen atoms in total. The summed E-state index contributed by atoms with van der Waals surface area (Å²) in [5.74, 6) is 0.878. The van der Waals surface area contributed by atoms with Crippen LogP contribution in [-0.2, 0) is 0 Å². The van der Waals surface area contributed by atoms with Gasteiger partial charge in [-0.1, -0.05) is 32.1 Å². The first-order valence-corrected chi connectivity index (χ1v) is 7.78. The number of piperidine rings is 1. The van der Waals surface area contributed by atoms with Crippen LogP contribution in [0.15, 0.2) is 0 Å². The van der Waals surface area contributed by atoms with Crippen LogP contribution in [0.2, 0.25) is 0 Å². The normalized spacial score (nSPS) is 31.1. The summed E-state index contributed by atoms with van der Waals surface area (Å²) in [6.07, 6.45) is 12.8. The zero-order valence-electron chi connectivity index (χ0n) is 11.5. The van der Waals surface area contributed by atoms with Crippen molar-refractivity contribution in [1.29, 1.82) is 0 Å². The first-order valence-electron chi connectivity index (χ1n) is 7.78. The molecule has 100 valence electrons. The Morgan fingerprint density at radius 2 is 1.65 bits per heavy atom. The zero-order valence-corrected chi connectivity index (χ0v) is 11.5. The van der Waals surface area contributed by atoms with Crippen LogP contribution in [0.1, 0.15) is 64.7 Å². The van der Waals surface area contributed by atoms with Crippen LogP contribution in [0.4, 0.5) is 0 Å². The molecule has 2 atom stereocenters. The van der Waals surface area contributed by atoms with Gasteiger partial charge in [-0.15, -0.1) is 0 Å². The number of hydrogen-bond donors (Lipinski definition) is 1. The summed E-state index contributed by atoms with van der Waals surface area (Å²) in [4.78, 5) is 2.74. The minimum atomic E-state index is 0.670. The molecule has 0 aromatic heterocycles. The highest BCUT2D eigenvalue weighted by atomic mass is 15.2. The van der Waals surface area contributed by atoms with Crippen molar-refractivity contribution in [2.45, 2.75) is 76.8 Å². The molecule has 2 rings (SSSR count). The second kappa shape index (κ2) is 6.75. The van der Waals surface area contributed by atoms with Gasteiger partial charge in [-0.05, 0) is 45.1 Å². The Bertz CT molecular complexity index is 209. The highest BCUT2D eigenvalue weighted by molar-refractivity contribution is 4.86. The second-order valence-electron chi connectivity index (χ2n) is 6.14. The molecular weight excluding hydrogens is 208 g/mol. The lowest BCUT2D eigenvalue weighted by Gasteiger charge is -2.42. The molecule has 2 aliphatic rings. The Labute approximate surface area is 107 Å². The fourth-order valence-electron chi connectivity index (χ4n) is 3.91. The molecule has 2 unspecified atom stereocenters. The van der Waals surface area contributed by atoms with Gasteiger partial charge in [0.25, 0.3) is 0 Å². The van der Waals surface area contributed by atoms with Crippen molar-refractivity contribution < 1.29 is 0 Å². The SMILES string of the molecule is CC1CCCCN1C(CN)C1CCCCCC1. The first kappa shape index (κ1) is 13.4. The predicted molar refractivity (Wildman–Crippen MR) is 74.1 cm³/mol. The zero-order chi connectivity index (χ0) is 12.1. The summed E-state index contributed by atoms with van der Waals surface area (Å²) in [5.41, 5.74) is 6.11. The van der Waals surface area contributed by atoms with Gasteiger partial charge < -0.3 is 5.73 Å². The average molecular weight is 238 g/mol. The summed E-state index contributed by atoms with van der Waals surface area (Å²) < 4.78 is 0. The average Bonchev–Trinajstić information content (AvgIpc) is 2.62. The van der Waals surface area contributed by atoms with Crippen molar-refractivity contribution >= 4 is 0 Å². The van der Waals surface area contributed by atoms with E-state index in [1.165, 1.54) is 64.3 Å². The van der Waals surface area contributed by atoms with E-state index in [4.69, 9.17) is 5.73 Å². The number of nitrogens with zero attached hydrogens (tertiary/aromatic N) is 1. The monoisotopic (exact) mass is 238 g/mol. The molecule has 0 radical (unpaired) electrons. The maximum atomic E-state index is 6.11. The van der Waals surface area contributed by atoms with Gasteiger partial charge in [0.2, 0.25) is 0 Å². The summed E-state index contributed by atoms with van der Waals surface area (Å²) >= 11 is 0. The van der Waals surface area contributed by atoms with Gasteiger partial charge in [-0.3, -0.25) is 4.90 Å². The van der Waals surface area contributed by atoms with Crippen LogP contribution in [-0.4, -0.2) is 30.1 Å². The summed E-state index contributed by atoms with van der Waals surface area (Å²) in [5, 5.41) is 0. The molecule has 17 heavy (non-hydrogen) atoms.